The first-order chi connectivity index (χ1) is 32.7. The molecule has 1 fully saturated rings. The summed E-state index contributed by atoms with van der Waals surface area (Å²) in [4.78, 5) is 26.4. The number of hydrogen-bond acceptors (Lipinski definition) is 10. The van der Waals surface area contributed by atoms with E-state index in [1.165, 1.54) is 141 Å². The van der Waals surface area contributed by atoms with Gasteiger partial charge in [-0.05, 0) is 51.4 Å². The monoisotopic (exact) mass is 952 g/mol. The Kier molecular flexibility index (Phi) is 42.7. The van der Waals surface area contributed by atoms with Crippen LogP contribution in [0.2, 0.25) is 0 Å². The Labute approximate surface area is 410 Å². The maximum absolute atomic E-state index is 13.3. The first-order valence-corrected chi connectivity index (χ1v) is 28.1. The summed E-state index contributed by atoms with van der Waals surface area (Å²) in [6.45, 7) is 5.76. The third kappa shape index (κ3) is 34.2. The van der Waals surface area contributed by atoms with Gasteiger partial charge in [0.25, 0.3) is 0 Å². The van der Waals surface area contributed by atoms with Gasteiger partial charge in [0.05, 0.1) is 25.4 Å². The van der Waals surface area contributed by atoms with Crippen molar-refractivity contribution in [1.82, 2.24) is 5.32 Å². The minimum Gasteiger partial charge on any atom is -0.454 e. The van der Waals surface area contributed by atoms with Gasteiger partial charge in [-0.25, -0.2) is 0 Å². The van der Waals surface area contributed by atoms with Gasteiger partial charge in [-0.15, -0.1) is 0 Å². The van der Waals surface area contributed by atoms with Gasteiger partial charge >= 0.3 is 5.97 Å². The van der Waals surface area contributed by atoms with Crippen LogP contribution in [0.25, 0.3) is 0 Å². The molecule has 0 aromatic rings. The normalized spacial score (nSPS) is 20.1. The van der Waals surface area contributed by atoms with E-state index in [-0.39, 0.29) is 19.4 Å². The molecule has 11 heteroatoms. The van der Waals surface area contributed by atoms with Gasteiger partial charge in [-0.3, -0.25) is 9.59 Å². The number of aliphatic hydroxyl groups excluding tert-OH is 5. The summed E-state index contributed by atoms with van der Waals surface area (Å²) in [6, 6.07) is -1.02. The second-order valence-electron chi connectivity index (χ2n) is 19.7. The molecule has 0 aromatic heterocycles. The zero-order chi connectivity index (χ0) is 49.0. The summed E-state index contributed by atoms with van der Waals surface area (Å²) in [5.74, 6) is -1.19. The van der Waals surface area contributed by atoms with Crippen LogP contribution in [0.4, 0.5) is 0 Å². The number of aliphatic hydroxyl groups is 5. The van der Waals surface area contributed by atoms with Gasteiger partial charge in [0.1, 0.15) is 24.4 Å². The van der Waals surface area contributed by atoms with Crippen molar-refractivity contribution in [2.75, 3.05) is 13.2 Å². The van der Waals surface area contributed by atoms with E-state index in [1.807, 2.05) is 6.08 Å². The molecule has 0 spiro atoms. The fourth-order valence-electron chi connectivity index (χ4n) is 8.82. The van der Waals surface area contributed by atoms with Crippen molar-refractivity contribution in [2.45, 2.75) is 307 Å². The summed E-state index contributed by atoms with van der Waals surface area (Å²) in [5, 5.41) is 56.7. The van der Waals surface area contributed by atoms with Gasteiger partial charge in [0.15, 0.2) is 12.4 Å². The highest BCUT2D eigenvalue weighted by molar-refractivity contribution is 5.80. The molecular formula is C56H105NO10. The molecule has 6 N–H and O–H groups in total. The summed E-state index contributed by atoms with van der Waals surface area (Å²) in [6.07, 6.45) is 39.4. The zero-order valence-electron chi connectivity index (χ0n) is 43.3. The predicted molar refractivity (Wildman–Crippen MR) is 274 cm³/mol. The topological polar surface area (TPSA) is 175 Å². The number of amides is 1. The van der Waals surface area contributed by atoms with E-state index >= 15 is 0 Å². The van der Waals surface area contributed by atoms with Crippen molar-refractivity contribution in [1.29, 1.82) is 0 Å². The van der Waals surface area contributed by atoms with E-state index in [0.29, 0.717) is 12.8 Å². The lowest BCUT2D eigenvalue weighted by atomic mass is 9.99. The molecule has 1 amide bonds. The second kappa shape index (κ2) is 45.3. The molecule has 67 heavy (non-hydrogen) atoms. The maximum atomic E-state index is 13.3. The molecule has 11 nitrogen and oxygen atoms in total. The van der Waals surface area contributed by atoms with Crippen molar-refractivity contribution in [2.24, 2.45) is 0 Å². The Morgan fingerprint density at radius 3 is 1.46 bits per heavy atom. The number of ether oxygens (including phenoxy) is 3. The largest absolute Gasteiger partial charge is 0.454 e. The van der Waals surface area contributed by atoms with E-state index in [9.17, 15) is 35.1 Å². The minimum absolute atomic E-state index is 0.128. The minimum atomic E-state index is -1.61. The number of rotatable bonds is 47. The van der Waals surface area contributed by atoms with Crippen LogP contribution in [-0.2, 0) is 23.8 Å². The third-order valence-corrected chi connectivity index (χ3v) is 13.4. The van der Waals surface area contributed by atoms with Crippen molar-refractivity contribution >= 4 is 11.9 Å². The van der Waals surface area contributed by atoms with Crippen molar-refractivity contribution in [3.63, 3.8) is 0 Å². The Balaban J connectivity index is 2.76. The van der Waals surface area contributed by atoms with Crippen molar-refractivity contribution in [3.05, 3.63) is 24.3 Å². The molecule has 0 saturated carbocycles. The fourth-order valence-corrected chi connectivity index (χ4v) is 8.82. The number of carbonyl (C=O) groups is 2. The molecular weight excluding hydrogens is 847 g/mol. The van der Waals surface area contributed by atoms with Gasteiger partial charge in [-0.2, -0.15) is 0 Å². The van der Waals surface area contributed by atoms with Crippen molar-refractivity contribution in [3.8, 4) is 0 Å². The van der Waals surface area contributed by atoms with E-state index < -0.39 is 67.4 Å². The number of hydrogen-bond donors (Lipinski definition) is 6. The quantitative estimate of drug-likeness (QED) is 0.0196. The molecule has 1 saturated heterocycles. The van der Waals surface area contributed by atoms with Crippen LogP contribution < -0.4 is 5.32 Å². The van der Waals surface area contributed by atoms with E-state index in [2.05, 4.69) is 38.2 Å². The summed E-state index contributed by atoms with van der Waals surface area (Å²) in [7, 11) is 0. The molecule has 0 bridgehead atoms. The van der Waals surface area contributed by atoms with Crippen LogP contribution >= 0.6 is 0 Å². The summed E-state index contributed by atoms with van der Waals surface area (Å²) < 4.78 is 17.5. The predicted octanol–water partition coefficient (Wildman–Crippen LogP) is 12.2. The molecule has 8 atom stereocenters. The van der Waals surface area contributed by atoms with Gasteiger partial charge in [0, 0.05) is 6.42 Å². The lowest BCUT2D eigenvalue weighted by Gasteiger charge is -2.41. The first-order valence-electron chi connectivity index (χ1n) is 28.1. The van der Waals surface area contributed by atoms with Crippen LogP contribution in [0.3, 0.4) is 0 Å². The third-order valence-electron chi connectivity index (χ3n) is 13.4. The Bertz CT molecular complexity index is 1180. The number of carbonyl (C=O) groups excluding carboxylic acids is 2. The van der Waals surface area contributed by atoms with Crippen LogP contribution in [0.1, 0.15) is 258 Å². The average Bonchev–Trinajstić information content (AvgIpc) is 3.32. The van der Waals surface area contributed by atoms with Crippen LogP contribution in [-0.4, -0.2) is 99.6 Å². The highest BCUT2D eigenvalue weighted by Gasteiger charge is 2.47. The van der Waals surface area contributed by atoms with E-state index in [0.717, 1.165) is 70.6 Å². The van der Waals surface area contributed by atoms with E-state index in [4.69, 9.17) is 14.2 Å². The zero-order valence-corrected chi connectivity index (χ0v) is 43.3. The van der Waals surface area contributed by atoms with E-state index in [1.54, 1.807) is 6.08 Å². The number of esters is 1. The fraction of sp³-hybridized carbons (Fsp3) is 0.893. The van der Waals surface area contributed by atoms with Crippen LogP contribution in [0, 0.1) is 0 Å². The average molecular weight is 952 g/mol. The lowest BCUT2D eigenvalue weighted by Crippen LogP contribution is -2.61. The van der Waals surface area contributed by atoms with Gasteiger partial charge in [-0.1, -0.05) is 225 Å². The molecule has 394 valence electrons. The Morgan fingerprint density at radius 2 is 0.985 bits per heavy atom. The molecule has 0 aromatic carbocycles. The second-order valence-corrected chi connectivity index (χ2v) is 19.7. The SMILES string of the molecule is CCCCCC/C=C\CCCCCCCCC(O)C(=O)NC(COC1OC(CO)C(O)C(O)C1OC(=O)CCCCCCCCCCCCC)C(O)/C=C/CCCCCCCCCCCCC. The molecule has 0 radical (unpaired) electrons. The number of nitrogens with one attached hydrogen (secondary N) is 1. The highest BCUT2D eigenvalue weighted by atomic mass is 16.7. The summed E-state index contributed by atoms with van der Waals surface area (Å²) in [5.41, 5.74) is 0. The molecule has 1 rings (SSSR count). The maximum Gasteiger partial charge on any atom is 0.306 e. The van der Waals surface area contributed by atoms with Gasteiger partial charge in [0.2, 0.25) is 5.91 Å². The smallest absolute Gasteiger partial charge is 0.306 e. The number of unbranched alkanes of at least 4 members (excludes halogenated alkanes) is 31. The summed E-state index contributed by atoms with van der Waals surface area (Å²) >= 11 is 0. The molecule has 1 aliphatic rings. The highest BCUT2D eigenvalue weighted by Crippen LogP contribution is 2.26. The van der Waals surface area contributed by atoms with Crippen LogP contribution in [0.5, 0.6) is 0 Å². The lowest BCUT2D eigenvalue weighted by molar-refractivity contribution is -0.305. The van der Waals surface area contributed by atoms with Crippen molar-refractivity contribution < 1.29 is 49.3 Å². The van der Waals surface area contributed by atoms with Gasteiger partial charge < -0.3 is 45.1 Å². The number of allylic oxidation sites excluding steroid dienone is 3. The first kappa shape index (κ1) is 63.2. The molecule has 1 aliphatic heterocycles. The standard InChI is InChI=1S/C56H105NO10/c1-4-7-10-13-16-19-22-24-26-29-31-34-37-40-43-49(60)55(64)57-47(48(59)42-39-36-33-30-28-25-23-20-17-14-11-8-5-2)46-65-56-54(53(63)52(62)50(45-58)66-56)67-51(61)44-41-38-35-32-27-21-18-15-12-9-6-3/h19,22,39,42,47-50,52-54,56,58-60,62-63H,4-18,20-21,23-38,40-41,43-46H2,1-3H3,(H,57,64)/b22-19-,42-39+. The van der Waals surface area contributed by atoms with Crippen LogP contribution in [0.15, 0.2) is 24.3 Å². The Morgan fingerprint density at radius 1 is 0.567 bits per heavy atom. The molecule has 0 aliphatic carbocycles. The molecule has 1 heterocycles. The Hall–Kier alpha value is -1.86. The molecule has 8 unspecified atom stereocenters.